The molecule has 4 atom stereocenters. The van der Waals surface area contributed by atoms with Gasteiger partial charge in [-0.05, 0) is 37.0 Å². The molecule has 0 saturated heterocycles. The lowest BCUT2D eigenvalue weighted by Gasteiger charge is -2.22. The second kappa shape index (κ2) is 4.00. The van der Waals surface area contributed by atoms with Crippen molar-refractivity contribution in [3.05, 3.63) is 0 Å². The molecular weight excluding hydrogens is 204 g/mol. The van der Waals surface area contributed by atoms with Crippen LogP contribution >= 0.6 is 11.8 Å². The van der Waals surface area contributed by atoms with Crippen molar-refractivity contribution in [1.29, 1.82) is 0 Å². The maximum absolute atomic E-state index is 4.51. The van der Waals surface area contributed by atoms with Gasteiger partial charge in [-0.3, -0.25) is 4.99 Å². The fraction of sp³-hybridized carbons (Fsp3) is 0.917. The molecule has 3 heteroatoms. The average molecular weight is 224 g/mol. The monoisotopic (exact) mass is 224 g/mol. The van der Waals surface area contributed by atoms with Crippen LogP contribution in [0.2, 0.25) is 0 Å². The summed E-state index contributed by atoms with van der Waals surface area (Å²) in [5.41, 5.74) is 0. The minimum Gasteiger partial charge on any atom is -0.365 e. The third-order valence-corrected chi connectivity index (χ3v) is 5.25. The molecular formula is C12H20N2S. The summed E-state index contributed by atoms with van der Waals surface area (Å²) in [5.74, 6) is 3.05. The van der Waals surface area contributed by atoms with Gasteiger partial charge in [0.1, 0.15) is 0 Å². The molecule has 2 bridgehead atoms. The fourth-order valence-electron chi connectivity index (χ4n) is 3.42. The van der Waals surface area contributed by atoms with E-state index < -0.39 is 0 Å². The summed E-state index contributed by atoms with van der Waals surface area (Å²) >= 11 is 1.91. The Morgan fingerprint density at radius 1 is 1.40 bits per heavy atom. The van der Waals surface area contributed by atoms with Gasteiger partial charge in [-0.15, -0.1) is 0 Å². The maximum Gasteiger partial charge on any atom is 0.156 e. The van der Waals surface area contributed by atoms with Crippen LogP contribution in [0, 0.1) is 17.8 Å². The molecule has 0 spiro atoms. The van der Waals surface area contributed by atoms with Gasteiger partial charge in [0.25, 0.3) is 0 Å². The second-order valence-electron chi connectivity index (χ2n) is 5.39. The zero-order valence-corrected chi connectivity index (χ0v) is 10.2. The zero-order chi connectivity index (χ0) is 10.3. The highest BCUT2D eigenvalue weighted by Gasteiger charge is 2.39. The molecule has 2 saturated carbocycles. The fourth-order valence-corrected chi connectivity index (χ4v) is 4.26. The summed E-state index contributed by atoms with van der Waals surface area (Å²) in [6.07, 6.45) is 5.99. The number of nitrogens with one attached hydrogen (secondary N) is 1. The molecule has 0 aromatic rings. The first-order valence-electron chi connectivity index (χ1n) is 6.26. The number of fused-ring (bicyclic) bond motifs is 2. The van der Waals surface area contributed by atoms with E-state index in [0.29, 0.717) is 5.25 Å². The number of aliphatic imine (C=N–C) groups is 1. The average Bonchev–Trinajstić information content (AvgIpc) is 2.90. The van der Waals surface area contributed by atoms with Crippen molar-refractivity contribution in [3.8, 4) is 0 Å². The molecule has 0 aromatic carbocycles. The Labute approximate surface area is 96.3 Å². The topological polar surface area (TPSA) is 24.4 Å². The Hall–Kier alpha value is -0.180. The van der Waals surface area contributed by atoms with E-state index in [-0.39, 0.29) is 0 Å². The van der Waals surface area contributed by atoms with E-state index in [1.165, 1.54) is 37.4 Å². The van der Waals surface area contributed by atoms with Crippen molar-refractivity contribution in [3.63, 3.8) is 0 Å². The van der Waals surface area contributed by atoms with Gasteiger partial charge < -0.3 is 5.32 Å². The highest BCUT2D eigenvalue weighted by Crippen LogP contribution is 2.47. The number of hydrogen-bond acceptors (Lipinski definition) is 3. The van der Waals surface area contributed by atoms with Crippen LogP contribution in [0.3, 0.4) is 0 Å². The van der Waals surface area contributed by atoms with Crippen LogP contribution in [0.5, 0.6) is 0 Å². The van der Waals surface area contributed by atoms with E-state index in [4.69, 9.17) is 0 Å². The minimum atomic E-state index is 0.688. The van der Waals surface area contributed by atoms with Crippen LogP contribution in [0.4, 0.5) is 0 Å². The smallest absolute Gasteiger partial charge is 0.156 e. The lowest BCUT2D eigenvalue weighted by Crippen LogP contribution is -2.29. The number of nitrogens with zero attached hydrogens (tertiary/aromatic N) is 1. The van der Waals surface area contributed by atoms with E-state index >= 15 is 0 Å². The molecule has 0 aromatic heterocycles. The Morgan fingerprint density at radius 2 is 2.33 bits per heavy atom. The lowest BCUT2D eigenvalue weighted by atomic mass is 9.89. The molecule has 1 N–H and O–H groups in total. The molecule has 1 heterocycles. The molecule has 2 aliphatic carbocycles. The van der Waals surface area contributed by atoms with Crippen molar-refractivity contribution in [2.45, 2.75) is 37.9 Å². The van der Waals surface area contributed by atoms with Gasteiger partial charge in [-0.2, -0.15) is 0 Å². The van der Waals surface area contributed by atoms with E-state index in [9.17, 15) is 0 Å². The van der Waals surface area contributed by atoms with Crippen LogP contribution in [0.15, 0.2) is 4.99 Å². The summed E-state index contributed by atoms with van der Waals surface area (Å²) in [6, 6.07) is 0. The number of hydrogen-bond donors (Lipinski definition) is 1. The van der Waals surface area contributed by atoms with Gasteiger partial charge in [0, 0.05) is 11.8 Å². The minimum absolute atomic E-state index is 0.688. The summed E-state index contributed by atoms with van der Waals surface area (Å²) in [4.78, 5) is 4.51. The summed E-state index contributed by atoms with van der Waals surface area (Å²) in [7, 11) is 0. The maximum atomic E-state index is 4.51. The van der Waals surface area contributed by atoms with Crippen LogP contribution in [0.1, 0.15) is 32.6 Å². The number of thioether (sulfide) groups is 1. The molecule has 84 valence electrons. The molecule has 2 nitrogen and oxygen atoms in total. The molecule has 0 radical (unpaired) electrons. The van der Waals surface area contributed by atoms with Gasteiger partial charge in [-0.25, -0.2) is 0 Å². The van der Waals surface area contributed by atoms with Crippen LogP contribution in [-0.4, -0.2) is 23.5 Å². The van der Waals surface area contributed by atoms with Gasteiger partial charge in [-0.1, -0.05) is 25.1 Å². The van der Waals surface area contributed by atoms with Crippen molar-refractivity contribution in [2.24, 2.45) is 22.7 Å². The first-order valence-corrected chi connectivity index (χ1v) is 7.14. The van der Waals surface area contributed by atoms with Crippen molar-refractivity contribution in [1.82, 2.24) is 5.32 Å². The van der Waals surface area contributed by atoms with Crippen molar-refractivity contribution >= 4 is 16.9 Å². The summed E-state index contributed by atoms with van der Waals surface area (Å²) < 4.78 is 0. The standard InChI is InChI=1S/C12H20N2S/c1-8-6-13-12(15-8)14-7-11-5-9-2-3-10(11)4-9/h8-11H,2-7H2,1H3,(H,13,14). The molecule has 3 rings (SSSR count). The second-order valence-corrected chi connectivity index (χ2v) is 6.82. The first kappa shape index (κ1) is 10.0. The van der Waals surface area contributed by atoms with Gasteiger partial charge in [0.2, 0.25) is 0 Å². The van der Waals surface area contributed by atoms with Gasteiger partial charge in [0.15, 0.2) is 5.17 Å². The van der Waals surface area contributed by atoms with Crippen LogP contribution in [-0.2, 0) is 0 Å². The zero-order valence-electron chi connectivity index (χ0n) is 9.41. The van der Waals surface area contributed by atoms with Crippen LogP contribution < -0.4 is 5.32 Å². The first-order chi connectivity index (χ1) is 7.31. The predicted octanol–water partition coefficient (Wildman–Crippen LogP) is 2.50. The highest BCUT2D eigenvalue weighted by molar-refractivity contribution is 8.14. The molecule has 3 aliphatic rings. The van der Waals surface area contributed by atoms with Crippen LogP contribution in [0.25, 0.3) is 0 Å². The Kier molecular flexibility index (Phi) is 2.67. The van der Waals surface area contributed by atoms with E-state index in [2.05, 4.69) is 17.2 Å². The van der Waals surface area contributed by atoms with Gasteiger partial charge in [0.05, 0.1) is 6.54 Å². The lowest BCUT2D eigenvalue weighted by molar-refractivity contribution is 0.333. The largest absolute Gasteiger partial charge is 0.365 e. The normalized spacial score (nSPS) is 43.4. The van der Waals surface area contributed by atoms with E-state index in [0.717, 1.165) is 24.3 Å². The number of amidine groups is 1. The van der Waals surface area contributed by atoms with Crippen molar-refractivity contribution in [2.75, 3.05) is 13.1 Å². The van der Waals surface area contributed by atoms with E-state index in [1.54, 1.807) is 0 Å². The molecule has 0 amide bonds. The Morgan fingerprint density at radius 3 is 2.93 bits per heavy atom. The van der Waals surface area contributed by atoms with Gasteiger partial charge >= 0.3 is 0 Å². The van der Waals surface area contributed by atoms with Crippen molar-refractivity contribution < 1.29 is 0 Å². The third kappa shape index (κ3) is 2.03. The number of rotatable bonds is 2. The summed E-state index contributed by atoms with van der Waals surface area (Å²) in [6.45, 7) is 4.43. The third-order valence-electron chi connectivity index (χ3n) is 4.20. The van der Waals surface area contributed by atoms with E-state index in [1.807, 2.05) is 11.8 Å². The highest BCUT2D eigenvalue weighted by atomic mass is 32.2. The predicted molar refractivity (Wildman–Crippen MR) is 66.3 cm³/mol. The molecule has 15 heavy (non-hydrogen) atoms. The summed E-state index contributed by atoms with van der Waals surface area (Å²) in [5, 5.41) is 5.44. The molecule has 2 fully saturated rings. The molecule has 1 aliphatic heterocycles. The quantitative estimate of drug-likeness (QED) is 0.779. The molecule has 4 unspecified atom stereocenters. The Bertz CT molecular complexity index is 277. The SMILES string of the molecule is CC1CN=C(NCC2CC3CCC2C3)S1. The Balaban J connectivity index is 1.47.